The number of piperazine rings is 1. The average Bonchev–Trinajstić information content (AvgIpc) is 3.48. The number of hydrogen-bond acceptors (Lipinski definition) is 4. The molecule has 1 aromatic carbocycles. The summed E-state index contributed by atoms with van der Waals surface area (Å²) in [6, 6.07) is 6.75. The molecule has 1 heterocycles. The first-order valence-electron chi connectivity index (χ1n) is 9.96. The number of nitrogens with one attached hydrogen (secondary N) is 1. The lowest BCUT2D eigenvalue weighted by Gasteiger charge is -2.37. The first kappa shape index (κ1) is 20.2. The second kappa shape index (κ2) is 9.11. The van der Waals surface area contributed by atoms with Crippen LogP contribution in [0, 0.1) is 13.8 Å². The molecule has 0 aromatic heterocycles. The zero-order valence-corrected chi connectivity index (χ0v) is 17.5. The molecule has 1 N–H and O–H groups in total. The fraction of sp³-hybridized carbons (Fsp3) is 0.619. The Labute approximate surface area is 166 Å². The molecular weight excluding hydrogens is 358 g/mol. The van der Waals surface area contributed by atoms with Gasteiger partial charge in [0.05, 0.1) is 6.04 Å². The summed E-state index contributed by atoms with van der Waals surface area (Å²) in [5.41, 5.74) is 2.59. The summed E-state index contributed by atoms with van der Waals surface area (Å²) < 4.78 is 0. The molecular formula is C21H31N3O2S. The number of benzene rings is 1. The smallest absolute Gasteiger partial charge is 0.237 e. The minimum atomic E-state index is -0.108. The maximum atomic E-state index is 12.5. The largest absolute Gasteiger partial charge is 0.352 e. The van der Waals surface area contributed by atoms with Crippen molar-refractivity contribution in [3.63, 3.8) is 0 Å². The molecule has 148 valence electrons. The molecule has 1 aromatic rings. The first-order valence-corrected chi connectivity index (χ1v) is 10.9. The highest BCUT2D eigenvalue weighted by molar-refractivity contribution is 7.99. The highest BCUT2D eigenvalue weighted by Crippen LogP contribution is 2.22. The number of amides is 2. The molecule has 1 saturated heterocycles. The topological polar surface area (TPSA) is 52.7 Å². The van der Waals surface area contributed by atoms with Gasteiger partial charge in [0.15, 0.2) is 0 Å². The second-order valence-electron chi connectivity index (χ2n) is 7.72. The fourth-order valence-corrected chi connectivity index (χ4v) is 4.23. The lowest BCUT2D eigenvalue weighted by molar-refractivity contribution is -0.133. The van der Waals surface area contributed by atoms with Crippen molar-refractivity contribution in [1.82, 2.24) is 15.1 Å². The summed E-state index contributed by atoms with van der Waals surface area (Å²) in [5, 5.41) is 3.07. The quantitative estimate of drug-likeness (QED) is 0.729. The molecule has 3 rings (SSSR count). The minimum Gasteiger partial charge on any atom is -0.352 e. The van der Waals surface area contributed by atoms with Gasteiger partial charge in [-0.15, -0.1) is 11.8 Å². The van der Waals surface area contributed by atoms with Crippen molar-refractivity contribution in [2.24, 2.45) is 0 Å². The van der Waals surface area contributed by atoms with E-state index in [-0.39, 0.29) is 17.9 Å². The van der Waals surface area contributed by atoms with Crippen molar-refractivity contribution >= 4 is 23.6 Å². The van der Waals surface area contributed by atoms with Crippen molar-refractivity contribution in [1.29, 1.82) is 0 Å². The Balaban J connectivity index is 1.37. The van der Waals surface area contributed by atoms with Crippen LogP contribution in [0.3, 0.4) is 0 Å². The van der Waals surface area contributed by atoms with Crippen LogP contribution >= 0.6 is 11.8 Å². The highest BCUT2D eigenvalue weighted by atomic mass is 32.2. The van der Waals surface area contributed by atoms with E-state index in [0.29, 0.717) is 25.6 Å². The number of nitrogens with zero attached hydrogens (tertiary/aromatic N) is 2. The number of carbonyl (C=O) groups excluding carboxylic acids is 2. The number of hydrogen-bond donors (Lipinski definition) is 1. The van der Waals surface area contributed by atoms with Gasteiger partial charge in [-0.25, -0.2) is 0 Å². The number of rotatable bonds is 7. The zero-order valence-electron chi connectivity index (χ0n) is 16.7. The summed E-state index contributed by atoms with van der Waals surface area (Å²) in [7, 11) is 0. The van der Waals surface area contributed by atoms with E-state index in [4.69, 9.17) is 0 Å². The molecule has 27 heavy (non-hydrogen) atoms. The average molecular weight is 390 g/mol. The molecule has 2 fully saturated rings. The lowest BCUT2D eigenvalue weighted by Crippen LogP contribution is -2.55. The van der Waals surface area contributed by atoms with Gasteiger partial charge in [0.2, 0.25) is 11.8 Å². The number of aryl methyl sites for hydroxylation is 2. The van der Waals surface area contributed by atoms with Gasteiger partial charge >= 0.3 is 0 Å². The minimum absolute atomic E-state index is 0.108. The molecule has 1 saturated carbocycles. The van der Waals surface area contributed by atoms with Crippen molar-refractivity contribution < 1.29 is 9.59 Å². The van der Waals surface area contributed by atoms with E-state index < -0.39 is 0 Å². The molecule has 1 aliphatic heterocycles. The van der Waals surface area contributed by atoms with Crippen LogP contribution in [0.15, 0.2) is 23.1 Å². The predicted octanol–water partition coefficient (Wildman–Crippen LogP) is 2.60. The Morgan fingerprint density at radius 2 is 1.85 bits per heavy atom. The Morgan fingerprint density at radius 3 is 2.48 bits per heavy atom. The molecule has 1 aliphatic carbocycles. The van der Waals surface area contributed by atoms with E-state index in [1.807, 2.05) is 11.8 Å². The van der Waals surface area contributed by atoms with Gasteiger partial charge in [0, 0.05) is 49.3 Å². The lowest BCUT2D eigenvalue weighted by atomic mass is 10.1. The third-order valence-electron chi connectivity index (χ3n) is 5.58. The summed E-state index contributed by atoms with van der Waals surface area (Å²) in [4.78, 5) is 30.0. The third-order valence-corrected chi connectivity index (χ3v) is 6.58. The first-order chi connectivity index (χ1) is 12.9. The van der Waals surface area contributed by atoms with Gasteiger partial charge in [0.25, 0.3) is 0 Å². The molecule has 2 amide bonds. The Kier molecular flexibility index (Phi) is 6.82. The molecule has 2 aliphatic rings. The van der Waals surface area contributed by atoms with Gasteiger partial charge in [-0.1, -0.05) is 6.07 Å². The van der Waals surface area contributed by atoms with E-state index in [0.717, 1.165) is 31.7 Å². The van der Waals surface area contributed by atoms with E-state index in [2.05, 4.69) is 42.3 Å². The van der Waals surface area contributed by atoms with Crippen molar-refractivity contribution in [2.75, 3.05) is 31.9 Å². The van der Waals surface area contributed by atoms with Crippen LogP contribution in [0.4, 0.5) is 0 Å². The van der Waals surface area contributed by atoms with Gasteiger partial charge in [0.1, 0.15) is 0 Å². The number of carbonyl (C=O) groups is 2. The van der Waals surface area contributed by atoms with Gasteiger partial charge < -0.3 is 10.2 Å². The standard InChI is InChI=1S/C21H31N3O2S/c1-15-4-7-19(14-16(15)2)27-13-8-20(25)24-11-9-23(10-12-24)17(3)21(26)22-18-5-6-18/h4,7,14,17-18H,5-6,8-13H2,1-3H3,(H,22,26). The molecule has 0 bridgehead atoms. The molecule has 1 unspecified atom stereocenters. The third kappa shape index (κ3) is 5.72. The van der Waals surface area contributed by atoms with Crippen LogP contribution in [0.25, 0.3) is 0 Å². The van der Waals surface area contributed by atoms with Crippen LogP contribution in [0.2, 0.25) is 0 Å². The Morgan fingerprint density at radius 1 is 1.15 bits per heavy atom. The molecule has 6 heteroatoms. The van der Waals surface area contributed by atoms with Crippen LogP contribution in [0.1, 0.15) is 37.3 Å². The van der Waals surface area contributed by atoms with Crippen LogP contribution in [-0.4, -0.2) is 65.6 Å². The zero-order chi connectivity index (χ0) is 19.4. The maximum absolute atomic E-state index is 12.5. The van der Waals surface area contributed by atoms with Crippen molar-refractivity contribution in [2.45, 2.75) is 57.0 Å². The SMILES string of the molecule is Cc1ccc(SCCC(=O)N2CCN(C(C)C(=O)NC3CC3)CC2)cc1C. The maximum Gasteiger partial charge on any atom is 0.237 e. The summed E-state index contributed by atoms with van der Waals surface area (Å²) >= 11 is 1.75. The van der Waals surface area contributed by atoms with Crippen LogP contribution in [-0.2, 0) is 9.59 Å². The fourth-order valence-electron chi connectivity index (χ4n) is 3.29. The second-order valence-corrected chi connectivity index (χ2v) is 8.89. The normalized spacial score (nSPS) is 19.0. The summed E-state index contributed by atoms with van der Waals surface area (Å²) in [5.74, 6) is 1.16. The summed E-state index contributed by atoms with van der Waals surface area (Å²) in [6.45, 7) is 9.18. The Hall–Kier alpha value is -1.53. The number of thioether (sulfide) groups is 1. The van der Waals surface area contributed by atoms with E-state index >= 15 is 0 Å². The molecule has 1 atom stereocenters. The highest BCUT2D eigenvalue weighted by Gasteiger charge is 2.30. The van der Waals surface area contributed by atoms with Crippen LogP contribution in [0.5, 0.6) is 0 Å². The van der Waals surface area contributed by atoms with E-state index in [1.54, 1.807) is 11.8 Å². The van der Waals surface area contributed by atoms with Gasteiger partial charge in [-0.2, -0.15) is 0 Å². The van der Waals surface area contributed by atoms with Gasteiger partial charge in [-0.05, 0) is 56.9 Å². The van der Waals surface area contributed by atoms with E-state index in [9.17, 15) is 9.59 Å². The van der Waals surface area contributed by atoms with E-state index in [1.165, 1.54) is 16.0 Å². The van der Waals surface area contributed by atoms with Gasteiger partial charge in [-0.3, -0.25) is 14.5 Å². The monoisotopic (exact) mass is 389 g/mol. The molecule has 0 spiro atoms. The Bertz CT molecular complexity index is 682. The molecule has 5 nitrogen and oxygen atoms in total. The van der Waals surface area contributed by atoms with Crippen molar-refractivity contribution in [3.05, 3.63) is 29.3 Å². The molecule has 0 radical (unpaired) electrons. The van der Waals surface area contributed by atoms with Crippen molar-refractivity contribution in [3.8, 4) is 0 Å². The predicted molar refractivity (Wildman–Crippen MR) is 110 cm³/mol. The summed E-state index contributed by atoms with van der Waals surface area (Å²) in [6.07, 6.45) is 2.79. The van der Waals surface area contributed by atoms with Crippen LogP contribution < -0.4 is 5.32 Å².